The number of benzene rings is 1. The zero-order valence-corrected chi connectivity index (χ0v) is 10.8. The summed E-state index contributed by atoms with van der Waals surface area (Å²) in [6.45, 7) is 2.14. The number of aryl methyl sites for hydroxylation is 1. The fourth-order valence-electron chi connectivity index (χ4n) is 2.54. The van der Waals surface area contributed by atoms with E-state index in [1.165, 1.54) is 5.56 Å². The van der Waals surface area contributed by atoms with Crippen LogP contribution in [0.2, 0.25) is 0 Å². The zero-order valence-electron chi connectivity index (χ0n) is 10.8. The fourth-order valence-corrected chi connectivity index (χ4v) is 2.54. The van der Waals surface area contributed by atoms with Gasteiger partial charge >= 0.3 is 5.97 Å². The van der Waals surface area contributed by atoms with Crippen LogP contribution in [0.4, 0.5) is 0 Å². The van der Waals surface area contributed by atoms with E-state index < -0.39 is 11.6 Å². The monoisotopic (exact) mass is 248 g/mol. The number of ether oxygens (including phenoxy) is 1. The summed E-state index contributed by atoms with van der Waals surface area (Å²) >= 11 is 0. The Bertz CT molecular complexity index is 402. The van der Waals surface area contributed by atoms with Crippen molar-refractivity contribution in [3.63, 3.8) is 0 Å². The van der Waals surface area contributed by atoms with Gasteiger partial charge in [-0.15, -0.1) is 0 Å². The van der Waals surface area contributed by atoms with Crippen molar-refractivity contribution in [1.82, 2.24) is 0 Å². The molecule has 1 saturated carbocycles. The van der Waals surface area contributed by atoms with Crippen molar-refractivity contribution in [1.29, 1.82) is 0 Å². The number of aliphatic carboxylic acids is 1. The molecule has 0 aromatic heterocycles. The molecule has 0 amide bonds. The molecule has 98 valence electrons. The molecule has 18 heavy (non-hydrogen) atoms. The van der Waals surface area contributed by atoms with Crippen molar-refractivity contribution in [3.05, 3.63) is 29.8 Å². The topological polar surface area (TPSA) is 46.5 Å². The van der Waals surface area contributed by atoms with Crippen molar-refractivity contribution in [2.75, 3.05) is 0 Å². The van der Waals surface area contributed by atoms with E-state index in [1.807, 2.05) is 24.3 Å². The highest BCUT2D eigenvalue weighted by Gasteiger charge is 2.43. The van der Waals surface area contributed by atoms with Crippen LogP contribution >= 0.6 is 0 Å². The molecule has 0 spiro atoms. The van der Waals surface area contributed by atoms with Crippen LogP contribution in [0.15, 0.2) is 24.3 Å². The third-order valence-corrected chi connectivity index (χ3v) is 3.58. The van der Waals surface area contributed by atoms with Crippen molar-refractivity contribution in [2.45, 2.75) is 51.0 Å². The molecule has 3 heteroatoms. The second-order valence-electron chi connectivity index (χ2n) is 5.00. The molecule has 1 N–H and O–H groups in total. The third kappa shape index (κ3) is 2.66. The fraction of sp³-hybridized carbons (Fsp3) is 0.533. The standard InChI is InChI=1S/C15H20O3/c1-2-5-12-6-8-13(9-7-12)18-15(14(16)17)10-3-4-11-15/h6-9H,2-5,10-11H2,1H3,(H,16,17). The Morgan fingerprint density at radius 3 is 2.39 bits per heavy atom. The average Bonchev–Trinajstić information content (AvgIpc) is 2.82. The van der Waals surface area contributed by atoms with Gasteiger partial charge < -0.3 is 9.84 Å². The number of hydrogen-bond acceptors (Lipinski definition) is 2. The van der Waals surface area contributed by atoms with Gasteiger partial charge in [-0.05, 0) is 49.8 Å². The van der Waals surface area contributed by atoms with Crippen LogP contribution in [0.1, 0.15) is 44.6 Å². The summed E-state index contributed by atoms with van der Waals surface area (Å²) in [5.74, 6) is -0.170. The zero-order chi connectivity index (χ0) is 13.0. The Kier molecular flexibility index (Phi) is 3.90. The van der Waals surface area contributed by atoms with E-state index in [4.69, 9.17) is 4.74 Å². The number of carbonyl (C=O) groups is 1. The van der Waals surface area contributed by atoms with Gasteiger partial charge in [0.15, 0.2) is 0 Å². The van der Waals surface area contributed by atoms with Gasteiger partial charge in [0, 0.05) is 0 Å². The minimum absolute atomic E-state index is 0.610. The van der Waals surface area contributed by atoms with Crippen LogP contribution in [0.5, 0.6) is 5.75 Å². The molecule has 0 saturated heterocycles. The van der Waals surface area contributed by atoms with E-state index in [0.717, 1.165) is 25.7 Å². The summed E-state index contributed by atoms with van der Waals surface area (Å²) in [4.78, 5) is 11.4. The van der Waals surface area contributed by atoms with Gasteiger partial charge in [0.25, 0.3) is 0 Å². The van der Waals surface area contributed by atoms with Crippen LogP contribution in [-0.4, -0.2) is 16.7 Å². The molecule has 0 heterocycles. The second kappa shape index (κ2) is 5.42. The highest BCUT2D eigenvalue weighted by Crippen LogP contribution is 2.34. The van der Waals surface area contributed by atoms with E-state index in [0.29, 0.717) is 18.6 Å². The number of carboxylic acid groups (broad SMARTS) is 1. The first-order valence-electron chi connectivity index (χ1n) is 6.68. The highest BCUT2D eigenvalue weighted by molar-refractivity contribution is 5.78. The van der Waals surface area contributed by atoms with E-state index in [1.54, 1.807) is 0 Å². The molecule has 1 aliphatic rings. The summed E-state index contributed by atoms with van der Waals surface area (Å²) in [5, 5.41) is 9.34. The quantitative estimate of drug-likeness (QED) is 0.868. The summed E-state index contributed by atoms with van der Waals surface area (Å²) in [7, 11) is 0. The predicted octanol–water partition coefficient (Wildman–Crippen LogP) is 3.42. The Hall–Kier alpha value is -1.51. The lowest BCUT2D eigenvalue weighted by Gasteiger charge is -2.25. The molecule has 1 fully saturated rings. The van der Waals surface area contributed by atoms with E-state index in [9.17, 15) is 9.90 Å². The van der Waals surface area contributed by atoms with Gasteiger partial charge in [-0.1, -0.05) is 25.5 Å². The number of carboxylic acids is 1. The first-order valence-corrected chi connectivity index (χ1v) is 6.68. The van der Waals surface area contributed by atoms with Crippen LogP contribution in [0, 0.1) is 0 Å². The lowest BCUT2D eigenvalue weighted by Crippen LogP contribution is -2.41. The largest absolute Gasteiger partial charge is 0.478 e. The van der Waals surface area contributed by atoms with E-state index >= 15 is 0 Å². The summed E-state index contributed by atoms with van der Waals surface area (Å²) in [6, 6.07) is 7.80. The SMILES string of the molecule is CCCc1ccc(OC2(C(=O)O)CCCC2)cc1. The summed E-state index contributed by atoms with van der Waals surface area (Å²) in [5.41, 5.74) is 0.271. The van der Waals surface area contributed by atoms with Crippen molar-refractivity contribution < 1.29 is 14.6 Å². The van der Waals surface area contributed by atoms with Gasteiger partial charge in [0.2, 0.25) is 5.60 Å². The summed E-state index contributed by atoms with van der Waals surface area (Å²) in [6.07, 6.45) is 5.24. The first-order chi connectivity index (χ1) is 8.66. The Labute approximate surface area is 108 Å². The minimum atomic E-state index is -0.994. The Balaban J connectivity index is 2.10. The number of hydrogen-bond donors (Lipinski definition) is 1. The van der Waals surface area contributed by atoms with E-state index in [-0.39, 0.29) is 0 Å². The predicted molar refractivity (Wildman–Crippen MR) is 69.9 cm³/mol. The normalized spacial score (nSPS) is 17.6. The first kappa shape index (κ1) is 12.9. The minimum Gasteiger partial charge on any atom is -0.478 e. The maximum atomic E-state index is 11.4. The van der Waals surface area contributed by atoms with Crippen LogP contribution < -0.4 is 4.74 Å². The molecule has 0 atom stereocenters. The highest BCUT2D eigenvalue weighted by atomic mass is 16.5. The van der Waals surface area contributed by atoms with Crippen molar-refractivity contribution in [2.24, 2.45) is 0 Å². The summed E-state index contributed by atoms with van der Waals surface area (Å²) < 4.78 is 5.76. The molecule has 1 aromatic carbocycles. The molecule has 1 aliphatic carbocycles. The molecular weight excluding hydrogens is 228 g/mol. The van der Waals surface area contributed by atoms with Crippen LogP contribution in [-0.2, 0) is 11.2 Å². The van der Waals surface area contributed by atoms with Gasteiger partial charge in [-0.25, -0.2) is 4.79 Å². The molecule has 0 unspecified atom stereocenters. The van der Waals surface area contributed by atoms with Crippen LogP contribution in [0.3, 0.4) is 0 Å². The van der Waals surface area contributed by atoms with Gasteiger partial charge in [0.1, 0.15) is 5.75 Å². The number of rotatable bonds is 5. The second-order valence-corrected chi connectivity index (χ2v) is 5.00. The average molecular weight is 248 g/mol. The molecule has 0 aliphatic heterocycles. The molecule has 1 aromatic rings. The third-order valence-electron chi connectivity index (χ3n) is 3.58. The molecular formula is C15H20O3. The Morgan fingerprint density at radius 1 is 1.28 bits per heavy atom. The molecule has 0 bridgehead atoms. The molecule has 2 rings (SSSR count). The van der Waals surface area contributed by atoms with Crippen LogP contribution in [0.25, 0.3) is 0 Å². The van der Waals surface area contributed by atoms with Crippen molar-refractivity contribution >= 4 is 5.97 Å². The smallest absolute Gasteiger partial charge is 0.348 e. The van der Waals surface area contributed by atoms with Crippen molar-refractivity contribution in [3.8, 4) is 5.75 Å². The maximum absolute atomic E-state index is 11.4. The molecule has 0 radical (unpaired) electrons. The van der Waals surface area contributed by atoms with Gasteiger partial charge in [-0.2, -0.15) is 0 Å². The van der Waals surface area contributed by atoms with Gasteiger partial charge in [-0.3, -0.25) is 0 Å². The van der Waals surface area contributed by atoms with Gasteiger partial charge in [0.05, 0.1) is 0 Å². The van der Waals surface area contributed by atoms with E-state index in [2.05, 4.69) is 6.92 Å². The molecule has 3 nitrogen and oxygen atoms in total. The lowest BCUT2D eigenvalue weighted by molar-refractivity contribution is -0.154. The maximum Gasteiger partial charge on any atom is 0.348 e. The lowest BCUT2D eigenvalue weighted by atomic mass is 10.0. The Morgan fingerprint density at radius 2 is 1.89 bits per heavy atom.